The van der Waals surface area contributed by atoms with Gasteiger partial charge < -0.3 is 5.73 Å². The van der Waals surface area contributed by atoms with E-state index in [9.17, 15) is 0 Å². The van der Waals surface area contributed by atoms with Crippen LogP contribution in [-0.2, 0) is 0 Å². The molecule has 58 valence electrons. The Labute approximate surface area is 66.8 Å². The Hall–Kier alpha value is -1.15. The average Bonchev–Trinajstić information content (AvgIpc) is 2.03. The van der Waals surface area contributed by atoms with Crippen LogP contribution in [0.3, 0.4) is 0 Å². The molecule has 1 aromatic rings. The van der Waals surface area contributed by atoms with Gasteiger partial charge in [-0.05, 0) is 24.6 Å². The minimum atomic E-state index is -0.144. The molecule has 0 spiro atoms. The highest BCUT2D eigenvalue weighted by Crippen LogP contribution is 2.08. The number of hydrogen-bond donors (Lipinski definition) is 1. The fraction of sp³-hybridized carbons (Fsp3) is 0.222. The summed E-state index contributed by atoms with van der Waals surface area (Å²) < 4.78 is 0. The molecule has 0 radical (unpaired) electrons. The molecule has 0 saturated carbocycles. The van der Waals surface area contributed by atoms with Gasteiger partial charge in [-0.15, -0.1) is 6.58 Å². The lowest BCUT2D eigenvalue weighted by Crippen LogP contribution is -2.08. The summed E-state index contributed by atoms with van der Waals surface area (Å²) in [6.07, 6.45) is 3.44. The molecule has 0 aliphatic rings. The number of aromatic nitrogens is 1. The largest absolute Gasteiger partial charge is 0.319 e. The van der Waals surface area contributed by atoms with E-state index in [4.69, 9.17) is 5.73 Å². The van der Waals surface area contributed by atoms with Crippen LogP contribution in [0, 0.1) is 6.92 Å². The Morgan fingerprint density at radius 1 is 1.73 bits per heavy atom. The number of nitrogens with zero attached hydrogens (tertiary/aromatic N) is 1. The van der Waals surface area contributed by atoms with Crippen molar-refractivity contribution in [1.29, 1.82) is 0 Å². The molecule has 0 bridgehead atoms. The number of nitrogens with two attached hydrogens (primary N) is 1. The summed E-state index contributed by atoms with van der Waals surface area (Å²) in [5.74, 6) is 0. The van der Waals surface area contributed by atoms with Gasteiger partial charge in [-0.1, -0.05) is 6.08 Å². The Kier molecular flexibility index (Phi) is 2.39. The third-order valence-electron chi connectivity index (χ3n) is 1.53. The zero-order chi connectivity index (χ0) is 8.27. The van der Waals surface area contributed by atoms with Crippen LogP contribution in [0.15, 0.2) is 31.0 Å². The van der Waals surface area contributed by atoms with E-state index in [1.807, 2.05) is 19.1 Å². The first-order chi connectivity index (χ1) is 5.24. The van der Waals surface area contributed by atoms with E-state index in [2.05, 4.69) is 11.6 Å². The maximum absolute atomic E-state index is 5.68. The summed E-state index contributed by atoms with van der Waals surface area (Å²) in [6, 6.07) is 3.76. The Bertz CT molecular complexity index is 255. The first kappa shape index (κ1) is 7.95. The molecule has 0 fully saturated rings. The van der Waals surface area contributed by atoms with E-state index in [0.29, 0.717) is 0 Å². The van der Waals surface area contributed by atoms with Crippen molar-refractivity contribution in [2.24, 2.45) is 5.73 Å². The van der Waals surface area contributed by atoms with Crippen LogP contribution in [0.2, 0.25) is 0 Å². The van der Waals surface area contributed by atoms with Crippen LogP contribution < -0.4 is 5.73 Å². The number of aryl methyl sites for hydroxylation is 1. The van der Waals surface area contributed by atoms with Gasteiger partial charge in [0, 0.05) is 6.20 Å². The summed E-state index contributed by atoms with van der Waals surface area (Å²) >= 11 is 0. The average molecular weight is 148 g/mol. The second-order valence-corrected chi connectivity index (χ2v) is 2.52. The van der Waals surface area contributed by atoms with Crippen molar-refractivity contribution in [2.75, 3.05) is 0 Å². The molecule has 0 amide bonds. The van der Waals surface area contributed by atoms with Gasteiger partial charge in [0.05, 0.1) is 11.7 Å². The SMILES string of the molecule is C=C[C@@H](N)c1cc(C)ccn1. The second-order valence-electron chi connectivity index (χ2n) is 2.52. The normalized spacial score (nSPS) is 12.5. The van der Waals surface area contributed by atoms with Crippen LogP contribution in [0.1, 0.15) is 17.3 Å². The predicted molar refractivity (Wildman–Crippen MR) is 46.1 cm³/mol. The predicted octanol–water partition coefficient (Wildman–Crippen LogP) is 1.58. The van der Waals surface area contributed by atoms with E-state index in [1.54, 1.807) is 12.3 Å². The van der Waals surface area contributed by atoms with Gasteiger partial charge in [0.25, 0.3) is 0 Å². The summed E-state index contributed by atoms with van der Waals surface area (Å²) in [5, 5.41) is 0. The number of hydrogen-bond acceptors (Lipinski definition) is 2. The molecular formula is C9H12N2. The molecule has 1 aromatic heterocycles. The Morgan fingerprint density at radius 2 is 2.45 bits per heavy atom. The molecule has 2 heteroatoms. The highest BCUT2D eigenvalue weighted by Gasteiger charge is 2.00. The molecule has 0 saturated heterocycles. The van der Waals surface area contributed by atoms with Crippen LogP contribution >= 0.6 is 0 Å². The molecule has 0 aromatic carbocycles. The monoisotopic (exact) mass is 148 g/mol. The molecule has 0 unspecified atom stereocenters. The lowest BCUT2D eigenvalue weighted by molar-refractivity contribution is 0.861. The molecule has 1 atom stereocenters. The molecule has 1 rings (SSSR count). The van der Waals surface area contributed by atoms with E-state index >= 15 is 0 Å². The van der Waals surface area contributed by atoms with Crippen molar-refractivity contribution >= 4 is 0 Å². The maximum Gasteiger partial charge on any atom is 0.0653 e. The number of pyridine rings is 1. The van der Waals surface area contributed by atoms with Crippen molar-refractivity contribution in [1.82, 2.24) is 4.98 Å². The first-order valence-electron chi connectivity index (χ1n) is 3.54. The quantitative estimate of drug-likeness (QED) is 0.646. The molecule has 2 nitrogen and oxygen atoms in total. The van der Waals surface area contributed by atoms with Gasteiger partial charge in [0.1, 0.15) is 0 Å². The van der Waals surface area contributed by atoms with Crippen LogP contribution in [0.4, 0.5) is 0 Å². The molecular weight excluding hydrogens is 136 g/mol. The molecule has 2 N–H and O–H groups in total. The van der Waals surface area contributed by atoms with Crippen molar-refractivity contribution in [3.63, 3.8) is 0 Å². The summed E-state index contributed by atoms with van der Waals surface area (Å²) in [5.41, 5.74) is 7.73. The third kappa shape index (κ3) is 1.88. The van der Waals surface area contributed by atoms with Gasteiger partial charge in [-0.3, -0.25) is 4.98 Å². The van der Waals surface area contributed by atoms with Crippen molar-refractivity contribution in [3.8, 4) is 0 Å². The van der Waals surface area contributed by atoms with Crippen LogP contribution in [-0.4, -0.2) is 4.98 Å². The third-order valence-corrected chi connectivity index (χ3v) is 1.53. The molecule has 0 aliphatic carbocycles. The Morgan fingerprint density at radius 3 is 3.00 bits per heavy atom. The van der Waals surface area contributed by atoms with E-state index < -0.39 is 0 Å². The highest BCUT2D eigenvalue weighted by atomic mass is 14.8. The zero-order valence-electron chi connectivity index (χ0n) is 6.62. The second kappa shape index (κ2) is 3.30. The zero-order valence-corrected chi connectivity index (χ0v) is 6.62. The van der Waals surface area contributed by atoms with E-state index in [-0.39, 0.29) is 6.04 Å². The van der Waals surface area contributed by atoms with Crippen molar-refractivity contribution in [3.05, 3.63) is 42.2 Å². The molecule has 0 aliphatic heterocycles. The lowest BCUT2D eigenvalue weighted by Gasteiger charge is -2.04. The van der Waals surface area contributed by atoms with Crippen molar-refractivity contribution in [2.45, 2.75) is 13.0 Å². The van der Waals surface area contributed by atoms with Gasteiger partial charge in [-0.2, -0.15) is 0 Å². The minimum Gasteiger partial charge on any atom is -0.319 e. The molecule has 11 heavy (non-hydrogen) atoms. The topological polar surface area (TPSA) is 38.9 Å². The van der Waals surface area contributed by atoms with Crippen LogP contribution in [0.25, 0.3) is 0 Å². The van der Waals surface area contributed by atoms with E-state index in [0.717, 1.165) is 5.69 Å². The maximum atomic E-state index is 5.68. The van der Waals surface area contributed by atoms with Gasteiger partial charge >= 0.3 is 0 Å². The van der Waals surface area contributed by atoms with Gasteiger partial charge in [-0.25, -0.2) is 0 Å². The standard InChI is InChI=1S/C9H12N2/c1-3-8(10)9-6-7(2)4-5-11-9/h3-6,8H,1,10H2,2H3/t8-/m1/s1. The Balaban J connectivity index is 2.95. The fourth-order valence-corrected chi connectivity index (χ4v) is 0.863. The van der Waals surface area contributed by atoms with Crippen LogP contribution in [0.5, 0.6) is 0 Å². The first-order valence-corrected chi connectivity index (χ1v) is 3.54. The highest BCUT2D eigenvalue weighted by molar-refractivity contribution is 5.19. The summed E-state index contributed by atoms with van der Waals surface area (Å²) in [7, 11) is 0. The molecule has 1 heterocycles. The lowest BCUT2D eigenvalue weighted by atomic mass is 10.1. The minimum absolute atomic E-state index is 0.144. The van der Waals surface area contributed by atoms with Gasteiger partial charge in [0.15, 0.2) is 0 Å². The summed E-state index contributed by atoms with van der Waals surface area (Å²) in [4.78, 5) is 4.11. The number of rotatable bonds is 2. The smallest absolute Gasteiger partial charge is 0.0653 e. The fourth-order valence-electron chi connectivity index (χ4n) is 0.863. The van der Waals surface area contributed by atoms with E-state index in [1.165, 1.54) is 5.56 Å². The summed E-state index contributed by atoms with van der Waals surface area (Å²) in [6.45, 7) is 5.62. The van der Waals surface area contributed by atoms with Crippen molar-refractivity contribution < 1.29 is 0 Å². The van der Waals surface area contributed by atoms with Gasteiger partial charge in [0.2, 0.25) is 0 Å².